The molecule has 1 heterocycles. The van der Waals surface area contributed by atoms with Crippen LogP contribution < -0.4 is 10.1 Å². The molecule has 1 aromatic heterocycles. The Labute approximate surface area is 180 Å². The molecule has 0 fully saturated rings. The van der Waals surface area contributed by atoms with E-state index < -0.39 is 18.0 Å². The molecule has 3 rings (SSSR count). The molecular formula is C24H24N2O5. The SMILES string of the molecule is CCC(OC(=O)/C=C/c1ccc(OCc2ccccc2)cc1)C(=O)Nc1cc(C)on1. The second-order valence-electron chi connectivity index (χ2n) is 6.82. The number of anilines is 1. The number of aromatic nitrogens is 1. The Morgan fingerprint density at radius 1 is 1.13 bits per heavy atom. The van der Waals surface area contributed by atoms with E-state index in [0.717, 1.165) is 16.9 Å². The van der Waals surface area contributed by atoms with E-state index in [2.05, 4.69) is 10.5 Å². The van der Waals surface area contributed by atoms with Crippen molar-refractivity contribution in [1.29, 1.82) is 0 Å². The number of hydrogen-bond acceptors (Lipinski definition) is 6. The van der Waals surface area contributed by atoms with Crippen LogP contribution in [-0.4, -0.2) is 23.1 Å². The molecule has 0 saturated heterocycles. The average molecular weight is 420 g/mol. The van der Waals surface area contributed by atoms with Gasteiger partial charge < -0.3 is 19.3 Å². The fourth-order valence-electron chi connectivity index (χ4n) is 2.71. The molecule has 0 aliphatic rings. The van der Waals surface area contributed by atoms with Gasteiger partial charge in [0.15, 0.2) is 11.9 Å². The minimum atomic E-state index is -0.928. The Bertz CT molecular complexity index is 1030. The zero-order valence-corrected chi connectivity index (χ0v) is 17.4. The first-order valence-corrected chi connectivity index (χ1v) is 9.93. The third-order valence-corrected chi connectivity index (χ3v) is 4.34. The van der Waals surface area contributed by atoms with E-state index in [0.29, 0.717) is 18.8 Å². The number of nitrogens with zero attached hydrogens (tertiary/aromatic N) is 1. The Kier molecular flexibility index (Phi) is 7.59. The van der Waals surface area contributed by atoms with E-state index in [1.54, 1.807) is 26.0 Å². The molecule has 0 radical (unpaired) electrons. The summed E-state index contributed by atoms with van der Waals surface area (Å²) in [5.74, 6) is 0.511. The number of nitrogens with one attached hydrogen (secondary N) is 1. The number of amides is 1. The van der Waals surface area contributed by atoms with E-state index in [1.807, 2.05) is 54.6 Å². The zero-order chi connectivity index (χ0) is 22.1. The summed E-state index contributed by atoms with van der Waals surface area (Å²) in [6.07, 6.45) is 2.31. The normalized spacial score (nSPS) is 11.8. The summed E-state index contributed by atoms with van der Waals surface area (Å²) in [5.41, 5.74) is 1.89. The van der Waals surface area contributed by atoms with Gasteiger partial charge in [-0.3, -0.25) is 4.79 Å². The Morgan fingerprint density at radius 2 is 1.87 bits per heavy atom. The minimum Gasteiger partial charge on any atom is -0.489 e. The van der Waals surface area contributed by atoms with Gasteiger partial charge in [0, 0.05) is 12.1 Å². The van der Waals surface area contributed by atoms with Crippen molar-refractivity contribution in [3.63, 3.8) is 0 Å². The Morgan fingerprint density at radius 3 is 2.52 bits per heavy atom. The number of carbonyl (C=O) groups excluding carboxylic acids is 2. The van der Waals surface area contributed by atoms with Crippen LogP contribution in [0.15, 0.2) is 71.3 Å². The van der Waals surface area contributed by atoms with Crippen molar-refractivity contribution in [3.05, 3.63) is 83.6 Å². The van der Waals surface area contributed by atoms with Gasteiger partial charge in [-0.05, 0) is 42.7 Å². The molecule has 0 saturated carbocycles. The van der Waals surface area contributed by atoms with Crippen molar-refractivity contribution >= 4 is 23.8 Å². The highest BCUT2D eigenvalue weighted by Gasteiger charge is 2.21. The first kappa shape index (κ1) is 21.8. The lowest BCUT2D eigenvalue weighted by molar-refractivity contribution is -0.149. The first-order valence-electron chi connectivity index (χ1n) is 9.93. The molecule has 1 atom stereocenters. The summed E-state index contributed by atoms with van der Waals surface area (Å²) in [6.45, 7) is 3.95. The smallest absolute Gasteiger partial charge is 0.331 e. The van der Waals surface area contributed by atoms with Crippen molar-refractivity contribution in [2.75, 3.05) is 5.32 Å². The lowest BCUT2D eigenvalue weighted by atomic mass is 10.2. The second-order valence-corrected chi connectivity index (χ2v) is 6.82. The van der Waals surface area contributed by atoms with Crippen LogP contribution in [0.4, 0.5) is 5.82 Å². The molecule has 0 spiro atoms. The molecule has 7 nitrogen and oxygen atoms in total. The lowest BCUT2D eigenvalue weighted by Gasteiger charge is -2.13. The number of esters is 1. The zero-order valence-electron chi connectivity index (χ0n) is 17.4. The maximum atomic E-state index is 12.3. The molecule has 1 unspecified atom stereocenters. The molecule has 0 aliphatic heterocycles. The highest BCUT2D eigenvalue weighted by atomic mass is 16.5. The molecule has 160 valence electrons. The fraction of sp³-hybridized carbons (Fsp3) is 0.208. The molecule has 1 amide bonds. The van der Waals surface area contributed by atoms with Crippen LogP contribution in [0.5, 0.6) is 5.75 Å². The van der Waals surface area contributed by atoms with Crippen molar-refractivity contribution < 1.29 is 23.6 Å². The minimum absolute atomic E-state index is 0.280. The topological polar surface area (TPSA) is 90.7 Å². The number of aryl methyl sites for hydroxylation is 1. The maximum Gasteiger partial charge on any atom is 0.331 e. The van der Waals surface area contributed by atoms with E-state index in [1.165, 1.54) is 6.08 Å². The monoisotopic (exact) mass is 420 g/mol. The predicted molar refractivity (Wildman–Crippen MR) is 116 cm³/mol. The van der Waals surface area contributed by atoms with Gasteiger partial charge in [0.1, 0.15) is 18.1 Å². The highest BCUT2D eigenvalue weighted by molar-refractivity contribution is 5.96. The van der Waals surface area contributed by atoms with E-state index in [-0.39, 0.29) is 5.82 Å². The highest BCUT2D eigenvalue weighted by Crippen LogP contribution is 2.15. The first-order chi connectivity index (χ1) is 15.0. The molecule has 0 bridgehead atoms. The number of ether oxygens (including phenoxy) is 2. The molecule has 31 heavy (non-hydrogen) atoms. The number of benzene rings is 2. The van der Waals surface area contributed by atoms with Crippen LogP contribution >= 0.6 is 0 Å². The number of carbonyl (C=O) groups is 2. The summed E-state index contributed by atoms with van der Waals surface area (Å²) in [7, 11) is 0. The average Bonchev–Trinajstić information content (AvgIpc) is 3.20. The van der Waals surface area contributed by atoms with E-state index >= 15 is 0 Å². The van der Waals surface area contributed by atoms with Gasteiger partial charge in [0.2, 0.25) is 0 Å². The van der Waals surface area contributed by atoms with E-state index in [9.17, 15) is 9.59 Å². The van der Waals surface area contributed by atoms with Crippen LogP contribution in [0.25, 0.3) is 6.08 Å². The summed E-state index contributed by atoms with van der Waals surface area (Å²) in [6, 6.07) is 18.8. The molecule has 1 N–H and O–H groups in total. The fourth-order valence-corrected chi connectivity index (χ4v) is 2.71. The van der Waals surface area contributed by atoms with Crippen LogP contribution in [0.3, 0.4) is 0 Å². The van der Waals surface area contributed by atoms with Gasteiger partial charge in [0.25, 0.3) is 5.91 Å². The second kappa shape index (κ2) is 10.8. The predicted octanol–water partition coefficient (Wildman–Crippen LogP) is 4.54. The van der Waals surface area contributed by atoms with Gasteiger partial charge in [-0.15, -0.1) is 0 Å². The standard InChI is InChI=1S/C24H24N2O5/c1-3-21(24(28)25-22-15-17(2)31-26-22)30-23(27)14-11-18-9-12-20(13-10-18)29-16-19-7-5-4-6-8-19/h4-15,21H,3,16H2,1-2H3,(H,25,26,28)/b14-11+. The van der Waals surface area contributed by atoms with Crippen LogP contribution in [0, 0.1) is 6.92 Å². The molecule has 3 aromatic rings. The van der Waals surface area contributed by atoms with Gasteiger partial charge in [-0.2, -0.15) is 0 Å². The summed E-state index contributed by atoms with van der Waals surface area (Å²) in [5, 5.41) is 6.26. The molecular weight excluding hydrogens is 396 g/mol. The van der Waals surface area contributed by atoms with Crippen LogP contribution in [0.2, 0.25) is 0 Å². The number of hydrogen-bond donors (Lipinski definition) is 1. The molecule has 2 aromatic carbocycles. The molecule has 7 heteroatoms. The van der Waals surface area contributed by atoms with Gasteiger partial charge >= 0.3 is 5.97 Å². The quantitative estimate of drug-likeness (QED) is 0.404. The van der Waals surface area contributed by atoms with Crippen LogP contribution in [0.1, 0.15) is 30.2 Å². The van der Waals surface area contributed by atoms with Crippen molar-refractivity contribution in [2.24, 2.45) is 0 Å². The largest absolute Gasteiger partial charge is 0.489 e. The number of rotatable bonds is 9. The third-order valence-electron chi connectivity index (χ3n) is 4.34. The summed E-state index contributed by atoms with van der Waals surface area (Å²) in [4.78, 5) is 24.4. The van der Waals surface area contributed by atoms with Crippen molar-refractivity contribution in [3.8, 4) is 5.75 Å². The summed E-state index contributed by atoms with van der Waals surface area (Å²) < 4.78 is 15.9. The lowest BCUT2D eigenvalue weighted by Crippen LogP contribution is -2.31. The van der Waals surface area contributed by atoms with Crippen molar-refractivity contribution in [2.45, 2.75) is 33.0 Å². The van der Waals surface area contributed by atoms with Gasteiger partial charge in [0.05, 0.1) is 0 Å². The van der Waals surface area contributed by atoms with Gasteiger partial charge in [-0.25, -0.2) is 4.79 Å². The summed E-state index contributed by atoms with van der Waals surface area (Å²) >= 11 is 0. The van der Waals surface area contributed by atoms with Gasteiger partial charge in [-0.1, -0.05) is 54.5 Å². The Hall–Kier alpha value is -3.87. The van der Waals surface area contributed by atoms with E-state index in [4.69, 9.17) is 14.0 Å². The third kappa shape index (κ3) is 6.85. The van der Waals surface area contributed by atoms with Crippen LogP contribution in [-0.2, 0) is 20.9 Å². The van der Waals surface area contributed by atoms with Crippen molar-refractivity contribution in [1.82, 2.24) is 5.16 Å². The maximum absolute atomic E-state index is 12.3. The Balaban J connectivity index is 1.49. The molecule has 0 aliphatic carbocycles.